The van der Waals surface area contributed by atoms with Crippen LogP contribution in [0.4, 0.5) is 4.39 Å². The van der Waals surface area contributed by atoms with Gasteiger partial charge in [0.05, 0.1) is 12.2 Å². The van der Waals surface area contributed by atoms with Gasteiger partial charge < -0.3 is 4.74 Å². The molecule has 0 aromatic rings. The standard InChI is InChI=1S/C15H22ClFO2/c16-10-3-1-9(2-4-10)15-8-13(18)12-7-11(17)5-6-14(12)19-15/h9-12,14-15H,1-8H2. The fourth-order valence-corrected chi connectivity index (χ4v) is 4.20. The molecule has 2 aliphatic carbocycles. The molecule has 0 aromatic heterocycles. The molecule has 1 heterocycles. The van der Waals surface area contributed by atoms with Crippen molar-refractivity contribution in [2.45, 2.75) is 75.1 Å². The molecular weight excluding hydrogens is 267 g/mol. The van der Waals surface area contributed by atoms with E-state index < -0.39 is 6.17 Å². The Morgan fingerprint density at radius 2 is 1.79 bits per heavy atom. The van der Waals surface area contributed by atoms with Crippen LogP contribution in [0.1, 0.15) is 51.4 Å². The summed E-state index contributed by atoms with van der Waals surface area (Å²) in [6, 6.07) is 0. The molecular formula is C15H22ClFO2. The van der Waals surface area contributed by atoms with Gasteiger partial charge in [-0.05, 0) is 50.9 Å². The Morgan fingerprint density at radius 3 is 2.53 bits per heavy atom. The van der Waals surface area contributed by atoms with Crippen molar-refractivity contribution < 1.29 is 13.9 Å². The number of ketones is 1. The molecule has 0 radical (unpaired) electrons. The van der Waals surface area contributed by atoms with E-state index in [2.05, 4.69) is 0 Å². The number of hydrogen-bond acceptors (Lipinski definition) is 2. The quantitative estimate of drug-likeness (QED) is 0.689. The number of carbonyl (C=O) groups is 1. The maximum atomic E-state index is 13.4. The smallest absolute Gasteiger partial charge is 0.141 e. The van der Waals surface area contributed by atoms with Gasteiger partial charge in [-0.15, -0.1) is 11.6 Å². The average Bonchev–Trinajstić information content (AvgIpc) is 2.40. The first kappa shape index (κ1) is 13.8. The zero-order valence-corrected chi connectivity index (χ0v) is 11.9. The molecule has 0 bridgehead atoms. The summed E-state index contributed by atoms with van der Waals surface area (Å²) in [6.45, 7) is 0. The van der Waals surface area contributed by atoms with Gasteiger partial charge in [-0.25, -0.2) is 4.39 Å². The van der Waals surface area contributed by atoms with Crippen molar-refractivity contribution >= 4 is 17.4 Å². The first-order valence-corrected chi connectivity index (χ1v) is 8.03. The highest BCUT2D eigenvalue weighted by molar-refractivity contribution is 6.20. The van der Waals surface area contributed by atoms with Crippen molar-refractivity contribution in [3.05, 3.63) is 0 Å². The highest BCUT2D eigenvalue weighted by Crippen LogP contribution is 2.40. The molecule has 3 fully saturated rings. The van der Waals surface area contributed by atoms with E-state index >= 15 is 0 Å². The van der Waals surface area contributed by atoms with E-state index in [4.69, 9.17) is 16.3 Å². The fraction of sp³-hybridized carbons (Fsp3) is 0.933. The highest BCUT2D eigenvalue weighted by Gasteiger charge is 2.44. The minimum Gasteiger partial charge on any atom is -0.373 e. The van der Waals surface area contributed by atoms with E-state index in [1.165, 1.54) is 0 Å². The van der Waals surface area contributed by atoms with Crippen molar-refractivity contribution in [2.75, 3.05) is 0 Å². The lowest BCUT2D eigenvalue weighted by Crippen LogP contribution is -2.48. The normalized spacial score (nSPS) is 47.8. The number of fused-ring (bicyclic) bond motifs is 1. The van der Waals surface area contributed by atoms with Crippen LogP contribution in [0.5, 0.6) is 0 Å². The average molecular weight is 289 g/mol. The molecule has 0 aromatic carbocycles. The van der Waals surface area contributed by atoms with E-state index in [9.17, 15) is 9.18 Å². The van der Waals surface area contributed by atoms with Crippen LogP contribution < -0.4 is 0 Å². The van der Waals surface area contributed by atoms with Gasteiger partial charge in [0.15, 0.2) is 0 Å². The first-order chi connectivity index (χ1) is 9.13. The summed E-state index contributed by atoms with van der Waals surface area (Å²) in [4.78, 5) is 12.2. The number of hydrogen-bond donors (Lipinski definition) is 0. The molecule has 2 nitrogen and oxygen atoms in total. The van der Waals surface area contributed by atoms with Gasteiger partial charge in [0, 0.05) is 17.7 Å². The van der Waals surface area contributed by atoms with E-state index in [-0.39, 0.29) is 23.9 Å². The summed E-state index contributed by atoms with van der Waals surface area (Å²) in [5.74, 6) is 0.531. The number of ether oxygens (including phenoxy) is 1. The number of halogens is 2. The molecule has 4 unspecified atom stereocenters. The van der Waals surface area contributed by atoms with Crippen LogP contribution in [0.3, 0.4) is 0 Å². The molecule has 108 valence electrons. The number of Topliss-reactive ketones (excluding diaryl/α,β-unsaturated/α-hetero) is 1. The van der Waals surface area contributed by atoms with E-state index in [0.29, 0.717) is 37.0 Å². The number of rotatable bonds is 1. The summed E-state index contributed by atoms with van der Waals surface area (Å²) in [5, 5.41) is 0.297. The summed E-state index contributed by atoms with van der Waals surface area (Å²) in [5.41, 5.74) is 0. The van der Waals surface area contributed by atoms with Crippen molar-refractivity contribution in [3.63, 3.8) is 0 Å². The van der Waals surface area contributed by atoms with Crippen LogP contribution in [0.25, 0.3) is 0 Å². The lowest BCUT2D eigenvalue weighted by atomic mass is 9.75. The molecule has 3 aliphatic rings. The second-order valence-corrected chi connectivity index (χ2v) is 7.03. The zero-order chi connectivity index (χ0) is 13.4. The predicted molar refractivity (Wildman–Crippen MR) is 72.1 cm³/mol. The van der Waals surface area contributed by atoms with Crippen LogP contribution >= 0.6 is 11.6 Å². The summed E-state index contributed by atoms with van der Waals surface area (Å²) in [7, 11) is 0. The predicted octanol–water partition coefficient (Wildman–Crippen LogP) is 3.65. The molecule has 0 spiro atoms. The molecule has 1 aliphatic heterocycles. The SMILES string of the molecule is O=C1CC(C2CCC(Cl)CC2)OC2CCC(F)CC12. The van der Waals surface area contributed by atoms with Crippen molar-refractivity contribution in [3.8, 4) is 0 Å². The van der Waals surface area contributed by atoms with Gasteiger partial charge in [-0.2, -0.15) is 0 Å². The van der Waals surface area contributed by atoms with Gasteiger partial charge in [0.25, 0.3) is 0 Å². The van der Waals surface area contributed by atoms with Gasteiger partial charge >= 0.3 is 0 Å². The molecule has 2 saturated carbocycles. The van der Waals surface area contributed by atoms with E-state index in [1.54, 1.807) is 0 Å². The van der Waals surface area contributed by atoms with Crippen LogP contribution in [-0.4, -0.2) is 29.5 Å². The molecule has 1 saturated heterocycles. The fourth-order valence-electron chi connectivity index (χ4n) is 3.94. The minimum absolute atomic E-state index is 0.0213. The molecule has 0 amide bonds. The third kappa shape index (κ3) is 2.97. The highest BCUT2D eigenvalue weighted by atomic mass is 35.5. The molecule has 3 rings (SSSR count). The van der Waals surface area contributed by atoms with Crippen molar-refractivity contribution in [2.24, 2.45) is 11.8 Å². The largest absolute Gasteiger partial charge is 0.373 e. The molecule has 19 heavy (non-hydrogen) atoms. The van der Waals surface area contributed by atoms with Gasteiger partial charge in [-0.3, -0.25) is 4.79 Å². The van der Waals surface area contributed by atoms with Crippen molar-refractivity contribution in [1.82, 2.24) is 0 Å². The Bertz CT molecular complexity index is 341. The summed E-state index contributed by atoms with van der Waals surface area (Å²) in [6.07, 6.45) is 5.55. The second kappa shape index (κ2) is 5.69. The Labute approximate surface area is 119 Å². The van der Waals surface area contributed by atoms with Crippen LogP contribution in [0.2, 0.25) is 0 Å². The first-order valence-electron chi connectivity index (χ1n) is 7.60. The Kier molecular flexibility index (Phi) is 4.14. The van der Waals surface area contributed by atoms with Gasteiger partial charge in [0.2, 0.25) is 0 Å². The van der Waals surface area contributed by atoms with Crippen LogP contribution in [-0.2, 0) is 9.53 Å². The maximum absolute atomic E-state index is 13.4. The summed E-state index contributed by atoms with van der Waals surface area (Å²) < 4.78 is 19.6. The lowest BCUT2D eigenvalue weighted by molar-refractivity contribution is -0.161. The molecule has 0 N–H and O–H groups in total. The zero-order valence-electron chi connectivity index (χ0n) is 11.2. The Morgan fingerprint density at radius 1 is 1.05 bits per heavy atom. The Balaban J connectivity index is 1.62. The van der Waals surface area contributed by atoms with Crippen LogP contribution in [0, 0.1) is 11.8 Å². The van der Waals surface area contributed by atoms with Gasteiger partial charge in [0.1, 0.15) is 12.0 Å². The monoisotopic (exact) mass is 288 g/mol. The summed E-state index contributed by atoms with van der Waals surface area (Å²) >= 11 is 6.13. The van der Waals surface area contributed by atoms with Crippen molar-refractivity contribution in [1.29, 1.82) is 0 Å². The molecule has 4 atom stereocenters. The minimum atomic E-state index is -0.808. The Hall–Kier alpha value is -0.150. The number of carbonyl (C=O) groups excluding carboxylic acids is 1. The third-order valence-corrected chi connectivity index (χ3v) is 5.55. The van der Waals surface area contributed by atoms with Crippen LogP contribution in [0.15, 0.2) is 0 Å². The topological polar surface area (TPSA) is 26.3 Å². The van der Waals surface area contributed by atoms with E-state index in [1.807, 2.05) is 0 Å². The number of alkyl halides is 2. The molecule has 4 heteroatoms. The van der Waals surface area contributed by atoms with Gasteiger partial charge in [-0.1, -0.05) is 0 Å². The lowest BCUT2D eigenvalue weighted by Gasteiger charge is -2.43. The third-order valence-electron chi connectivity index (χ3n) is 5.12. The second-order valence-electron chi connectivity index (χ2n) is 6.41. The van der Waals surface area contributed by atoms with E-state index in [0.717, 1.165) is 25.7 Å². The maximum Gasteiger partial charge on any atom is 0.141 e.